The van der Waals surface area contributed by atoms with E-state index in [1.54, 1.807) is 4.90 Å². The van der Waals surface area contributed by atoms with Gasteiger partial charge in [0, 0.05) is 42.3 Å². The summed E-state index contributed by atoms with van der Waals surface area (Å²) in [5.74, 6) is -0.239. The smallest absolute Gasteiger partial charge is 0.318 e. The van der Waals surface area contributed by atoms with Gasteiger partial charge >= 0.3 is 6.03 Å². The number of amides is 3. The molecule has 1 atom stereocenters. The van der Waals surface area contributed by atoms with E-state index in [1.165, 1.54) is 0 Å². The first kappa shape index (κ1) is 19.5. The summed E-state index contributed by atoms with van der Waals surface area (Å²) < 4.78 is 0. The summed E-state index contributed by atoms with van der Waals surface area (Å²) in [5, 5.41) is 6.86. The first-order chi connectivity index (χ1) is 13.6. The zero-order valence-corrected chi connectivity index (χ0v) is 16.2. The van der Waals surface area contributed by atoms with Crippen LogP contribution in [0.4, 0.5) is 10.5 Å². The summed E-state index contributed by atoms with van der Waals surface area (Å²) in [6, 6.07) is 16.3. The molecule has 3 aromatic rings. The Morgan fingerprint density at radius 1 is 1.00 bits per heavy atom. The lowest BCUT2D eigenvalue weighted by Crippen LogP contribution is -2.50. The molecule has 0 saturated carbocycles. The van der Waals surface area contributed by atoms with Gasteiger partial charge in [-0.15, -0.1) is 0 Å². The van der Waals surface area contributed by atoms with Gasteiger partial charge in [0.1, 0.15) is 6.04 Å². The Morgan fingerprint density at radius 2 is 1.68 bits per heavy atom. The largest absolute Gasteiger partial charge is 0.361 e. The predicted molar refractivity (Wildman–Crippen MR) is 112 cm³/mol. The highest BCUT2D eigenvalue weighted by atomic mass is 16.2. The monoisotopic (exact) mass is 378 g/mol. The van der Waals surface area contributed by atoms with Crippen LogP contribution in [0.25, 0.3) is 10.9 Å². The van der Waals surface area contributed by atoms with E-state index in [1.807, 2.05) is 74.6 Å². The molecule has 0 aliphatic carbocycles. The molecule has 146 valence electrons. The first-order valence-corrected chi connectivity index (χ1v) is 9.58. The quantitative estimate of drug-likeness (QED) is 0.585. The summed E-state index contributed by atoms with van der Waals surface area (Å²) in [6.45, 7) is 5.01. The van der Waals surface area contributed by atoms with Crippen LogP contribution in [0.5, 0.6) is 0 Å². The Labute approximate surface area is 164 Å². The van der Waals surface area contributed by atoms with Crippen LogP contribution in [-0.4, -0.2) is 41.0 Å². The molecule has 28 heavy (non-hydrogen) atoms. The van der Waals surface area contributed by atoms with Gasteiger partial charge in [-0.05, 0) is 37.6 Å². The highest BCUT2D eigenvalue weighted by molar-refractivity contribution is 5.97. The third-order valence-corrected chi connectivity index (χ3v) is 4.81. The number of benzene rings is 2. The number of carbonyl (C=O) groups excluding carboxylic acids is 2. The summed E-state index contributed by atoms with van der Waals surface area (Å²) in [7, 11) is 0. The van der Waals surface area contributed by atoms with Gasteiger partial charge in [0.05, 0.1) is 0 Å². The number of fused-ring (bicyclic) bond motifs is 1. The minimum absolute atomic E-state index is 0.238. The number of aromatic amines is 1. The molecule has 0 bridgehead atoms. The van der Waals surface area contributed by atoms with Crippen molar-refractivity contribution in [3.05, 3.63) is 66.4 Å². The maximum Gasteiger partial charge on any atom is 0.318 e. The third-order valence-electron chi connectivity index (χ3n) is 4.81. The number of rotatable bonds is 7. The van der Waals surface area contributed by atoms with E-state index < -0.39 is 6.04 Å². The average Bonchev–Trinajstić information content (AvgIpc) is 3.12. The lowest BCUT2D eigenvalue weighted by molar-refractivity contribution is -0.118. The van der Waals surface area contributed by atoms with Crippen molar-refractivity contribution in [1.82, 2.24) is 15.2 Å². The molecule has 0 saturated heterocycles. The molecule has 3 amide bonds. The number of aromatic nitrogens is 1. The number of nitrogens with zero attached hydrogens (tertiary/aromatic N) is 1. The van der Waals surface area contributed by atoms with Gasteiger partial charge in [0.15, 0.2) is 0 Å². The van der Waals surface area contributed by atoms with E-state index >= 15 is 0 Å². The minimum atomic E-state index is -0.687. The molecule has 2 aromatic carbocycles. The number of hydrogen-bond acceptors (Lipinski definition) is 2. The molecule has 3 N–H and O–H groups in total. The van der Waals surface area contributed by atoms with Gasteiger partial charge < -0.3 is 20.5 Å². The number of hydrogen-bond donors (Lipinski definition) is 3. The molecule has 1 heterocycles. The molecule has 6 heteroatoms. The molecular weight excluding hydrogens is 352 g/mol. The minimum Gasteiger partial charge on any atom is -0.361 e. The predicted octanol–water partition coefficient (Wildman–Crippen LogP) is 3.77. The normalized spacial score (nSPS) is 11.8. The van der Waals surface area contributed by atoms with Crippen LogP contribution >= 0.6 is 0 Å². The van der Waals surface area contributed by atoms with Crippen molar-refractivity contribution >= 4 is 28.5 Å². The zero-order valence-electron chi connectivity index (χ0n) is 16.2. The van der Waals surface area contributed by atoms with Gasteiger partial charge in [-0.1, -0.05) is 36.4 Å². The number of carbonyl (C=O) groups is 2. The van der Waals surface area contributed by atoms with Crippen molar-refractivity contribution in [3.8, 4) is 0 Å². The van der Waals surface area contributed by atoms with Crippen LogP contribution in [0, 0.1) is 0 Å². The van der Waals surface area contributed by atoms with Crippen molar-refractivity contribution < 1.29 is 9.59 Å². The Bertz CT molecular complexity index is 932. The number of nitrogens with one attached hydrogen (secondary N) is 3. The van der Waals surface area contributed by atoms with Crippen LogP contribution in [0.1, 0.15) is 19.4 Å². The van der Waals surface area contributed by atoms with Gasteiger partial charge in [-0.3, -0.25) is 4.79 Å². The van der Waals surface area contributed by atoms with Gasteiger partial charge in [-0.2, -0.15) is 0 Å². The standard InChI is InChI=1S/C22H26N4O2/c1-3-26(4-2)22(28)25-20(21(27)24-17-10-6-5-7-11-17)14-16-15-23-19-13-9-8-12-18(16)19/h5-13,15,20,23H,3-4,14H2,1-2H3,(H,24,27)(H,25,28)/t20-/m0/s1. The van der Waals surface area contributed by atoms with Crippen LogP contribution in [0.15, 0.2) is 60.8 Å². The average molecular weight is 378 g/mol. The zero-order chi connectivity index (χ0) is 19.9. The molecule has 6 nitrogen and oxygen atoms in total. The van der Waals surface area contributed by atoms with Crippen LogP contribution in [0.3, 0.4) is 0 Å². The second-order valence-corrected chi connectivity index (χ2v) is 6.59. The molecule has 0 aliphatic rings. The van der Waals surface area contributed by atoms with Gasteiger partial charge in [0.25, 0.3) is 0 Å². The van der Waals surface area contributed by atoms with E-state index in [0.717, 1.165) is 16.5 Å². The van der Waals surface area contributed by atoms with Crippen molar-refractivity contribution in [2.24, 2.45) is 0 Å². The fraction of sp³-hybridized carbons (Fsp3) is 0.273. The third kappa shape index (κ3) is 4.52. The molecule has 3 rings (SSSR count). The van der Waals surface area contributed by atoms with E-state index in [4.69, 9.17) is 0 Å². The fourth-order valence-electron chi connectivity index (χ4n) is 3.23. The molecule has 0 fully saturated rings. The van der Waals surface area contributed by atoms with E-state index in [0.29, 0.717) is 25.2 Å². The molecule has 0 unspecified atom stereocenters. The lowest BCUT2D eigenvalue weighted by atomic mass is 10.0. The van der Waals surface area contributed by atoms with Crippen LogP contribution < -0.4 is 10.6 Å². The van der Waals surface area contributed by atoms with Gasteiger partial charge in [-0.25, -0.2) is 4.79 Å². The van der Waals surface area contributed by atoms with Crippen LogP contribution in [0.2, 0.25) is 0 Å². The highest BCUT2D eigenvalue weighted by Gasteiger charge is 2.24. The number of urea groups is 1. The Morgan fingerprint density at radius 3 is 2.39 bits per heavy atom. The van der Waals surface area contributed by atoms with Crippen molar-refractivity contribution in [3.63, 3.8) is 0 Å². The number of anilines is 1. The molecular formula is C22H26N4O2. The molecule has 0 radical (unpaired) electrons. The van der Waals surface area contributed by atoms with Gasteiger partial charge in [0.2, 0.25) is 5.91 Å². The first-order valence-electron chi connectivity index (χ1n) is 9.58. The van der Waals surface area contributed by atoms with Crippen molar-refractivity contribution in [1.29, 1.82) is 0 Å². The lowest BCUT2D eigenvalue weighted by Gasteiger charge is -2.24. The van der Waals surface area contributed by atoms with Crippen molar-refractivity contribution in [2.75, 3.05) is 18.4 Å². The summed E-state index contributed by atoms with van der Waals surface area (Å²) in [5.41, 5.74) is 2.70. The maximum atomic E-state index is 13.0. The summed E-state index contributed by atoms with van der Waals surface area (Å²) >= 11 is 0. The van der Waals surface area contributed by atoms with E-state index in [2.05, 4.69) is 15.6 Å². The Balaban J connectivity index is 1.83. The molecule has 0 aliphatic heterocycles. The fourth-order valence-corrected chi connectivity index (χ4v) is 3.23. The van der Waals surface area contributed by atoms with E-state index in [-0.39, 0.29) is 11.9 Å². The van der Waals surface area contributed by atoms with Crippen LogP contribution in [-0.2, 0) is 11.2 Å². The number of H-pyrrole nitrogens is 1. The van der Waals surface area contributed by atoms with Crippen molar-refractivity contribution in [2.45, 2.75) is 26.3 Å². The summed E-state index contributed by atoms with van der Waals surface area (Å²) in [6.07, 6.45) is 2.30. The SMILES string of the molecule is CCN(CC)C(=O)N[C@@H](Cc1c[nH]c2ccccc12)C(=O)Nc1ccccc1. The topological polar surface area (TPSA) is 77.2 Å². The Hall–Kier alpha value is -3.28. The van der Waals surface area contributed by atoms with E-state index in [9.17, 15) is 9.59 Å². The Kier molecular flexibility index (Phi) is 6.32. The number of para-hydroxylation sites is 2. The molecule has 1 aromatic heterocycles. The molecule has 0 spiro atoms. The second-order valence-electron chi connectivity index (χ2n) is 6.59. The maximum absolute atomic E-state index is 13.0. The summed E-state index contributed by atoms with van der Waals surface area (Å²) in [4.78, 5) is 30.4. The highest BCUT2D eigenvalue weighted by Crippen LogP contribution is 2.19. The second kappa shape index (κ2) is 9.08.